The third kappa shape index (κ3) is 3.31. The summed E-state index contributed by atoms with van der Waals surface area (Å²) in [7, 11) is 0. The molecule has 0 radical (unpaired) electrons. The molecule has 0 bridgehead atoms. The number of aryl methyl sites for hydroxylation is 1. The standard InChI is InChI=1S/C9H11BrN2OS/c1-6-3-8(11-4-7(6)10)12-9(13)5-14-2/h3-4H,5H2,1-2H3,(H,11,12,13). The highest BCUT2D eigenvalue weighted by atomic mass is 79.9. The molecule has 0 atom stereocenters. The Balaban J connectivity index is 2.68. The molecule has 1 heterocycles. The molecule has 0 saturated heterocycles. The van der Waals surface area contributed by atoms with Crippen LogP contribution in [0.15, 0.2) is 16.7 Å². The summed E-state index contributed by atoms with van der Waals surface area (Å²) in [5, 5.41) is 2.72. The fourth-order valence-electron chi connectivity index (χ4n) is 0.918. The van der Waals surface area contributed by atoms with E-state index in [0.29, 0.717) is 11.6 Å². The summed E-state index contributed by atoms with van der Waals surface area (Å²) in [6.45, 7) is 1.95. The molecule has 0 saturated carbocycles. The van der Waals surface area contributed by atoms with Gasteiger partial charge < -0.3 is 5.32 Å². The Hall–Kier alpha value is -0.550. The van der Waals surface area contributed by atoms with Gasteiger partial charge in [-0.25, -0.2) is 4.98 Å². The predicted molar refractivity (Wildman–Crippen MR) is 63.7 cm³/mol. The molecule has 1 N–H and O–H groups in total. The third-order valence-electron chi connectivity index (χ3n) is 1.59. The Labute approximate surface area is 95.8 Å². The molecular formula is C9H11BrN2OS. The van der Waals surface area contributed by atoms with Crippen molar-refractivity contribution in [1.82, 2.24) is 4.98 Å². The van der Waals surface area contributed by atoms with Crippen molar-refractivity contribution in [3.05, 3.63) is 22.3 Å². The molecule has 1 aromatic heterocycles. The number of hydrogen-bond donors (Lipinski definition) is 1. The first-order valence-corrected chi connectivity index (χ1v) is 6.23. The van der Waals surface area contributed by atoms with E-state index in [-0.39, 0.29) is 5.91 Å². The number of carbonyl (C=O) groups excluding carboxylic acids is 1. The predicted octanol–water partition coefficient (Wildman–Crippen LogP) is 2.45. The molecule has 3 nitrogen and oxygen atoms in total. The van der Waals surface area contributed by atoms with Gasteiger partial charge in [-0.15, -0.1) is 0 Å². The Morgan fingerprint density at radius 2 is 2.43 bits per heavy atom. The molecule has 0 aliphatic carbocycles. The fraction of sp³-hybridized carbons (Fsp3) is 0.333. The lowest BCUT2D eigenvalue weighted by atomic mass is 10.3. The molecule has 1 aromatic rings. The summed E-state index contributed by atoms with van der Waals surface area (Å²) >= 11 is 4.83. The van der Waals surface area contributed by atoms with Crippen LogP contribution < -0.4 is 5.32 Å². The summed E-state index contributed by atoms with van der Waals surface area (Å²) in [6.07, 6.45) is 3.57. The highest BCUT2D eigenvalue weighted by Crippen LogP contribution is 2.17. The van der Waals surface area contributed by atoms with Crippen LogP contribution in [0.4, 0.5) is 5.82 Å². The second-order valence-electron chi connectivity index (χ2n) is 2.80. The van der Waals surface area contributed by atoms with Crippen LogP contribution in [-0.4, -0.2) is 22.9 Å². The van der Waals surface area contributed by atoms with Crippen molar-refractivity contribution in [1.29, 1.82) is 0 Å². The molecule has 0 aromatic carbocycles. The monoisotopic (exact) mass is 274 g/mol. The van der Waals surface area contributed by atoms with Crippen molar-refractivity contribution in [2.24, 2.45) is 0 Å². The van der Waals surface area contributed by atoms with E-state index in [1.165, 1.54) is 11.8 Å². The van der Waals surface area contributed by atoms with Gasteiger partial charge in [0.25, 0.3) is 0 Å². The maximum atomic E-state index is 11.2. The van der Waals surface area contributed by atoms with E-state index in [1.807, 2.05) is 19.2 Å². The second kappa shape index (κ2) is 5.36. The maximum Gasteiger partial charge on any atom is 0.235 e. The first-order chi connectivity index (χ1) is 6.63. The molecule has 0 aliphatic rings. The van der Waals surface area contributed by atoms with Gasteiger partial charge in [-0.05, 0) is 40.7 Å². The minimum Gasteiger partial charge on any atom is -0.310 e. The van der Waals surface area contributed by atoms with Crippen LogP contribution in [0, 0.1) is 6.92 Å². The van der Waals surface area contributed by atoms with Crippen LogP contribution in [0.3, 0.4) is 0 Å². The number of carbonyl (C=O) groups is 1. The lowest BCUT2D eigenvalue weighted by Crippen LogP contribution is -2.14. The van der Waals surface area contributed by atoms with Crippen LogP contribution in [0.25, 0.3) is 0 Å². The van der Waals surface area contributed by atoms with Crippen LogP contribution in [0.1, 0.15) is 5.56 Å². The molecule has 0 fully saturated rings. The molecule has 0 unspecified atom stereocenters. The van der Waals surface area contributed by atoms with Crippen LogP contribution in [-0.2, 0) is 4.79 Å². The highest BCUT2D eigenvalue weighted by Gasteiger charge is 2.03. The van der Waals surface area contributed by atoms with Crippen molar-refractivity contribution in [3.8, 4) is 0 Å². The quantitative estimate of drug-likeness (QED) is 0.921. The van der Waals surface area contributed by atoms with Gasteiger partial charge in [0.05, 0.1) is 5.75 Å². The molecule has 5 heteroatoms. The van der Waals surface area contributed by atoms with Crippen molar-refractivity contribution in [2.45, 2.75) is 6.92 Å². The average Bonchev–Trinajstić information content (AvgIpc) is 2.12. The molecule has 0 aliphatic heterocycles. The smallest absolute Gasteiger partial charge is 0.235 e. The summed E-state index contributed by atoms with van der Waals surface area (Å²) in [4.78, 5) is 15.3. The lowest BCUT2D eigenvalue weighted by Gasteiger charge is -2.04. The van der Waals surface area contributed by atoms with Gasteiger partial charge in [0, 0.05) is 10.7 Å². The summed E-state index contributed by atoms with van der Waals surface area (Å²) in [6, 6.07) is 1.84. The number of pyridine rings is 1. The summed E-state index contributed by atoms with van der Waals surface area (Å²) in [5.74, 6) is 1.04. The van der Waals surface area contributed by atoms with Gasteiger partial charge in [0.2, 0.25) is 5.91 Å². The Kier molecular flexibility index (Phi) is 4.41. The lowest BCUT2D eigenvalue weighted by molar-refractivity contribution is -0.113. The van der Waals surface area contributed by atoms with Crippen molar-refractivity contribution in [3.63, 3.8) is 0 Å². The minimum absolute atomic E-state index is 0.0216. The van der Waals surface area contributed by atoms with Gasteiger partial charge in [-0.3, -0.25) is 4.79 Å². The number of halogens is 1. The fourth-order valence-corrected chi connectivity index (χ4v) is 1.47. The number of amides is 1. The highest BCUT2D eigenvalue weighted by molar-refractivity contribution is 9.10. The SMILES string of the molecule is CSCC(=O)Nc1cc(C)c(Br)cn1. The average molecular weight is 275 g/mol. The zero-order valence-corrected chi connectivity index (χ0v) is 10.4. The first kappa shape index (κ1) is 11.5. The van der Waals surface area contributed by atoms with E-state index in [1.54, 1.807) is 6.20 Å². The normalized spacial score (nSPS) is 9.93. The number of nitrogens with zero attached hydrogens (tertiary/aromatic N) is 1. The number of hydrogen-bond acceptors (Lipinski definition) is 3. The van der Waals surface area contributed by atoms with Crippen LogP contribution in [0.5, 0.6) is 0 Å². The zero-order chi connectivity index (χ0) is 10.6. The van der Waals surface area contributed by atoms with E-state index in [0.717, 1.165) is 10.0 Å². The van der Waals surface area contributed by atoms with Crippen LogP contribution >= 0.6 is 27.7 Å². The van der Waals surface area contributed by atoms with Crippen molar-refractivity contribution < 1.29 is 4.79 Å². The zero-order valence-electron chi connectivity index (χ0n) is 8.00. The summed E-state index contributed by atoms with van der Waals surface area (Å²) < 4.78 is 0.945. The Bertz CT molecular complexity index is 344. The molecule has 1 amide bonds. The van der Waals surface area contributed by atoms with Gasteiger partial charge in [0.1, 0.15) is 5.82 Å². The topological polar surface area (TPSA) is 42.0 Å². The Morgan fingerprint density at radius 3 is 3.00 bits per heavy atom. The van der Waals surface area contributed by atoms with Gasteiger partial charge in [-0.1, -0.05) is 0 Å². The number of aromatic nitrogens is 1. The van der Waals surface area contributed by atoms with Gasteiger partial charge in [-0.2, -0.15) is 11.8 Å². The van der Waals surface area contributed by atoms with Crippen LogP contribution in [0.2, 0.25) is 0 Å². The van der Waals surface area contributed by atoms with Gasteiger partial charge >= 0.3 is 0 Å². The van der Waals surface area contributed by atoms with Gasteiger partial charge in [0.15, 0.2) is 0 Å². The third-order valence-corrected chi connectivity index (χ3v) is 2.97. The van der Waals surface area contributed by atoms with Crippen molar-refractivity contribution >= 4 is 39.4 Å². The molecule has 76 valence electrons. The second-order valence-corrected chi connectivity index (χ2v) is 4.52. The molecule has 14 heavy (non-hydrogen) atoms. The van der Waals surface area contributed by atoms with E-state index in [2.05, 4.69) is 26.2 Å². The number of nitrogens with one attached hydrogen (secondary N) is 1. The number of thioether (sulfide) groups is 1. The Morgan fingerprint density at radius 1 is 1.71 bits per heavy atom. The molecule has 0 spiro atoms. The largest absolute Gasteiger partial charge is 0.310 e. The van der Waals surface area contributed by atoms with E-state index >= 15 is 0 Å². The van der Waals surface area contributed by atoms with Crippen molar-refractivity contribution in [2.75, 3.05) is 17.3 Å². The first-order valence-electron chi connectivity index (χ1n) is 4.04. The number of anilines is 1. The van der Waals surface area contributed by atoms with E-state index in [9.17, 15) is 4.79 Å². The minimum atomic E-state index is -0.0216. The van der Waals surface area contributed by atoms with E-state index in [4.69, 9.17) is 0 Å². The molecule has 1 rings (SSSR count). The maximum absolute atomic E-state index is 11.2. The molecular weight excluding hydrogens is 264 g/mol. The summed E-state index contributed by atoms with van der Waals surface area (Å²) in [5.41, 5.74) is 1.06. The number of rotatable bonds is 3. The van der Waals surface area contributed by atoms with E-state index < -0.39 is 0 Å².